The monoisotopic (exact) mass is 406 g/mol. The lowest BCUT2D eigenvalue weighted by Gasteiger charge is -2.08. The molecule has 3 heterocycles. The maximum atomic E-state index is 12.7. The van der Waals surface area contributed by atoms with Crippen molar-refractivity contribution in [3.05, 3.63) is 64.7 Å². The lowest BCUT2D eigenvalue weighted by molar-refractivity contribution is 0.398. The van der Waals surface area contributed by atoms with E-state index in [1.165, 1.54) is 10.9 Å². The van der Waals surface area contributed by atoms with Crippen LogP contribution in [0.4, 0.5) is 4.39 Å². The minimum Gasteiger partial charge on any atom is -0.481 e. The highest BCUT2D eigenvalue weighted by atomic mass is 35.5. The van der Waals surface area contributed by atoms with Gasteiger partial charge in [-0.25, -0.2) is 28.4 Å². The van der Waals surface area contributed by atoms with Gasteiger partial charge in [-0.15, -0.1) is 12.4 Å². The second kappa shape index (κ2) is 9.25. The summed E-state index contributed by atoms with van der Waals surface area (Å²) in [4.78, 5) is 21.4. The molecule has 0 aliphatic rings. The Bertz CT molecular complexity index is 1030. The third-order valence-electron chi connectivity index (χ3n) is 4.04. The number of halogens is 2. The predicted molar refractivity (Wildman–Crippen MR) is 106 cm³/mol. The van der Waals surface area contributed by atoms with Crippen LogP contribution in [0.1, 0.15) is 5.56 Å². The van der Waals surface area contributed by atoms with E-state index in [1.54, 1.807) is 19.4 Å². The quantitative estimate of drug-likeness (QED) is 0.672. The molecule has 28 heavy (non-hydrogen) atoms. The number of nitrogens with zero attached hydrogens (tertiary/aromatic N) is 5. The number of ether oxygens (including phenoxy) is 1. The molecule has 8 nitrogen and oxygen atoms in total. The summed E-state index contributed by atoms with van der Waals surface area (Å²) in [5, 5.41) is 4.03. The van der Waals surface area contributed by atoms with Gasteiger partial charge in [-0.3, -0.25) is 0 Å². The highest BCUT2D eigenvalue weighted by Gasteiger charge is 2.13. The highest BCUT2D eigenvalue weighted by Crippen LogP contribution is 2.21. The molecule has 3 aromatic rings. The largest absolute Gasteiger partial charge is 0.481 e. The lowest BCUT2D eigenvalue weighted by atomic mass is 10.1. The summed E-state index contributed by atoms with van der Waals surface area (Å²) in [5.74, 6) is 0.943. The number of pyridine rings is 2. The molecule has 0 unspecified atom stereocenters. The third kappa shape index (κ3) is 4.26. The Morgan fingerprint density at radius 3 is 2.71 bits per heavy atom. The molecule has 0 aromatic carbocycles. The molecular weight excluding hydrogens is 387 g/mol. The Labute approximate surface area is 166 Å². The van der Waals surface area contributed by atoms with E-state index in [0.29, 0.717) is 23.7 Å². The van der Waals surface area contributed by atoms with E-state index in [0.717, 1.165) is 15.8 Å². The van der Waals surface area contributed by atoms with Crippen molar-refractivity contribution < 1.29 is 9.13 Å². The topological polar surface area (TPSA) is 101 Å². The fraction of sp³-hybridized carbons (Fsp3) is 0.222. The van der Waals surface area contributed by atoms with E-state index in [2.05, 4.69) is 15.1 Å². The lowest BCUT2D eigenvalue weighted by Crippen LogP contribution is -2.26. The summed E-state index contributed by atoms with van der Waals surface area (Å²) in [7, 11) is 1.54. The van der Waals surface area contributed by atoms with Crippen LogP contribution in [0, 0.1) is 6.92 Å². The second-order valence-electron chi connectivity index (χ2n) is 5.84. The Morgan fingerprint density at radius 1 is 1.32 bits per heavy atom. The van der Waals surface area contributed by atoms with Gasteiger partial charge in [0.15, 0.2) is 0 Å². The van der Waals surface area contributed by atoms with Crippen molar-refractivity contribution >= 4 is 12.4 Å². The predicted octanol–water partition coefficient (Wildman–Crippen LogP) is 2.04. The van der Waals surface area contributed by atoms with E-state index in [-0.39, 0.29) is 31.1 Å². The van der Waals surface area contributed by atoms with Crippen molar-refractivity contribution in [3.63, 3.8) is 0 Å². The van der Waals surface area contributed by atoms with E-state index >= 15 is 0 Å². The summed E-state index contributed by atoms with van der Waals surface area (Å²) in [5.41, 5.74) is 7.51. The molecule has 0 amide bonds. The van der Waals surface area contributed by atoms with Crippen molar-refractivity contribution in [2.75, 3.05) is 13.7 Å². The fourth-order valence-corrected chi connectivity index (χ4v) is 2.50. The molecule has 3 rings (SSSR count). The Morgan fingerprint density at radius 2 is 2.11 bits per heavy atom. The number of nitrogens with two attached hydrogens (primary N) is 1. The van der Waals surface area contributed by atoms with Crippen LogP contribution in [0.2, 0.25) is 0 Å². The molecule has 3 aromatic heterocycles. The van der Waals surface area contributed by atoms with Gasteiger partial charge in [-0.1, -0.05) is 6.07 Å². The molecule has 0 fully saturated rings. The van der Waals surface area contributed by atoms with Gasteiger partial charge in [0.2, 0.25) is 5.88 Å². The van der Waals surface area contributed by atoms with Crippen LogP contribution in [0.25, 0.3) is 17.1 Å². The van der Waals surface area contributed by atoms with Crippen LogP contribution in [0.15, 0.2) is 53.5 Å². The summed E-state index contributed by atoms with van der Waals surface area (Å²) >= 11 is 0. The first-order valence-corrected chi connectivity index (χ1v) is 8.18. The van der Waals surface area contributed by atoms with E-state index in [1.807, 2.05) is 25.1 Å². The number of aryl methyl sites for hydroxylation is 1. The van der Waals surface area contributed by atoms with Crippen molar-refractivity contribution in [2.45, 2.75) is 13.5 Å². The molecule has 148 valence electrons. The molecule has 0 radical (unpaired) electrons. The van der Waals surface area contributed by atoms with Crippen LogP contribution in [0.5, 0.6) is 5.88 Å². The van der Waals surface area contributed by atoms with Crippen LogP contribution in [-0.4, -0.2) is 38.0 Å². The standard InChI is InChI=1S/C18H19FN6O2.ClH/c1-12-3-5-15(14-4-6-16(27-2)21-9-14)23-17(12)24-11-22-25(18(24)26)10-13(7-19)8-20;/h3-7,9,11H,8,10,20H2,1-2H3;1H/b13-7+;. The smallest absolute Gasteiger partial charge is 0.351 e. The first kappa shape index (κ1) is 21.3. The molecular formula is C18H20ClFN6O2. The number of rotatable bonds is 6. The maximum absolute atomic E-state index is 12.7. The highest BCUT2D eigenvalue weighted by molar-refractivity contribution is 5.85. The van der Waals surface area contributed by atoms with Gasteiger partial charge >= 0.3 is 5.69 Å². The zero-order valence-electron chi connectivity index (χ0n) is 15.4. The summed E-state index contributed by atoms with van der Waals surface area (Å²) in [6, 6.07) is 7.27. The number of methoxy groups -OCH3 is 1. The van der Waals surface area contributed by atoms with Crippen molar-refractivity contribution in [1.29, 1.82) is 0 Å². The Balaban J connectivity index is 0.00000280. The minimum atomic E-state index is -0.427. The molecule has 0 spiro atoms. The molecule has 0 saturated heterocycles. The van der Waals surface area contributed by atoms with Gasteiger partial charge in [0.25, 0.3) is 0 Å². The first-order chi connectivity index (χ1) is 13.1. The first-order valence-electron chi connectivity index (χ1n) is 8.18. The minimum absolute atomic E-state index is 0. The molecule has 0 aliphatic heterocycles. The molecule has 2 N–H and O–H groups in total. The second-order valence-corrected chi connectivity index (χ2v) is 5.84. The zero-order chi connectivity index (χ0) is 19.4. The Hall–Kier alpha value is -3.04. The van der Waals surface area contributed by atoms with Gasteiger partial charge in [-0.2, -0.15) is 5.10 Å². The van der Waals surface area contributed by atoms with Crippen LogP contribution >= 0.6 is 12.4 Å². The molecule has 0 aliphatic carbocycles. The molecule has 0 atom stereocenters. The summed E-state index contributed by atoms with van der Waals surface area (Å²) < 4.78 is 20.3. The van der Waals surface area contributed by atoms with Crippen molar-refractivity contribution in [3.8, 4) is 23.0 Å². The average molecular weight is 407 g/mol. The average Bonchev–Trinajstić information content (AvgIpc) is 3.06. The van der Waals surface area contributed by atoms with Crippen LogP contribution in [-0.2, 0) is 6.54 Å². The normalized spacial score (nSPS) is 11.2. The SMILES string of the molecule is COc1ccc(-c2ccc(C)c(-n3cnn(C/C(=C/F)CN)c3=O)n2)cn1.Cl. The van der Waals surface area contributed by atoms with Gasteiger partial charge in [0.1, 0.15) is 12.1 Å². The molecule has 0 saturated carbocycles. The van der Waals surface area contributed by atoms with E-state index in [4.69, 9.17) is 10.5 Å². The van der Waals surface area contributed by atoms with Gasteiger partial charge in [-0.05, 0) is 30.2 Å². The summed E-state index contributed by atoms with van der Waals surface area (Å²) in [6.45, 7) is 1.84. The number of hydrogen-bond donors (Lipinski definition) is 1. The van der Waals surface area contributed by atoms with E-state index in [9.17, 15) is 9.18 Å². The fourth-order valence-electron chi connectivity index (χ4n) is 2.50. The van der Waals surface area contributed by atoms with Crippen molar-refractivity contribution in [1.82, 2.24) is 24.3 Å². The van der Waals surface area contributed by atoms with Gasteiger partial charge in [0.05, 0.1) is 25.7 Å². The maximum Gasteiger partial charge on any atom is 0.351 e. The number of aromatic nitrogens is 5. The van der Waals surface area contributed by atoms with E-state index < -0.39 is 5.69 Å². The molecule has 0 bridgehead atoms. The molecule has 10 heteroatoms. The van der Waals surface area contributed by atoms with Gasteiger partial charge < -0.3 is 10.5 Å². The van der Waals surface area contributed by atoms with Gasteiger partial charge in [0, 0.05) is 24.4 Å². The third-order valence-corrected chi connectivity index (χ3v) is 4.04. The number of hydrogen-bond acceptors (Lipinski definition) is 6. The van der Waals surface area contributed by atoms with Crippen molar-refractivity contribution in [2.24, 2.45) is 5.73 Å². The van der Waals surface area contributed by atoms with Crippen LogP contribution in [0.3, 0.4) is 0 Å². The Kier molecular flexibility index (Phi) is 7.02. The van der Waals surface area contributed by atoms with Crippen LogP contribution < -0.4 is 16.2 Å². The summed E-state index contributed by atoms with van der Waals surface area (Å²) in [6.07, 6.45) is 3.40. The zero-order valence-corrected chi connectivity index (χ0v) is 16.2.